The molecule has 0 saturated carbocycles. The van der Waals surface area contributed by atoms with E-state index in [9.17, 15) is 5.11 Å². The first-order valence-corrected chi connectivity index (χ1v) is 6.89. The zero-order chi connectivity index (χ0) is 12.3. The number of aryl methyl sites for hydroxylation is 1. The van der Waals surface area contributed by atoms with Crippen molar-refractivity contribution in [1.82, 2.24) is 0 Å². The Kier molecular flexibility index (Phi) is 4.57. The van der Waals surface area contributed by atoms with E-state index in [2.05, 4.69) is 46.1 Å². The van der Waals surface area contributed by atoms with E-state index in [1.54, 1.807) is 11.3 Å². The number of aliphatic hydroxyl groups excluding tert-OH is 1. The number of hydrogen-bond donors (Lipinski definition) is 1. The molecule has 0 aliphatic carbocycles. The first kappa shape index (κ1) is 13.7. The Bertz CT molecular complexity index is 322. The molecule has 1 nitrogen and oxygen atoms in total. The van der Waals surface area contributed by atoms with Crippen LogP contribution in [0.2, 0.25) is 0 Å². The molecule has 16 heavy (non-hydrogen) atoms. The molecule has 0 aliphatic rings. The molecule has 0 aromatic carbocycles. The van der Waals surface area contributed by atoms with Crippen molar-refractivity contribution in [2.24, 2.45) is 11.3 Å². The summed E-state index contributed by atoms with van der Waals surface area (Å²) in [5.41, 5.74) is 1.47. The monoisotopic (exact) mass is 240 g/mol. The highest BCUT2D eigenvalue weighted by Crippen LogP contribution is 2.32. The minimum absolute atomic E-state index is 0.288. The van der Waals surface area contributed by atoms with Gasteiger partial charge in [0.2, 0.25) is 0 Å². The fraction of sp³-hybridized carbons (Fsp3) is 0.714. The predicted octanol–water partition coefficient (Wildman–Crippen LogP) is 4.55. The van der Waals surface area contributed by atoms with Crippen LogP contribution in [0.4, 0.5) is 0 Å². The molecule has 0 spiro atoms. The fourth-order valence-corrected chi connectivity index (χ4v) is 3.14. The summed E-state index contributed by atoms with van der Waals surface area (Å²) < 4.78 is 0. The molecule has 0 fully saturated rings. The van der Waals surface area contributed by atoms with Gasteiger partial charge in [0, 0.05) is 4.88 Å². The van der Waals surface area contributed by atoms with Crippen LogP contribution in [0.5, 0.6) is 0 Å². The normalized spacial score (nSPS) is 16.1. The summed E-state index contributed by atoms with van der Waals surface area (Å²) in [6.07, 6.45) is 1.74. The highest BCUT2D eigenvalue weighted by molar-refractivity contribution is 7.10. The molecule has 0 bridgehead atoms. The lowest BCUT2D eigenvalue weighted by Gasteiger charge is -2.24. The van der Waals surface area contributed by atoms with Crippen LogP contribution in [-0.4, -0.2) is 5.11 Å². The number of thiophene rings is 1. The summed E-state index contributed by atoms with van der Waals surface area (Å²) in [7, 11) is 0. The lowest BCUT2D eigenvalue weighted by atomic mass is 9.82. The Morgan fingerprint density at radius 2 is 2.00 bits per heavy atom. The molecule has 1 rings (SSSR count). The van der Waals surface area contributed by atoms with E-state index >= 15 is 0 Å². The molecule has 2 unspecified atom stereocenters. The highest BCUT2D eigenvalue weighted by Gasteiger charge is 2.19. The molecular formula is C14H24OS. The molecule has 1 aromatic rings. The van der Waals surface area contributed by atoms with Gasteiger partial charge in [-0.25, -0.2) is 0 Å². The standard InChI is InChI=1S/C14H24OS/c1-10(9-14(3,4)5)8-13(15)12-6-7-16-11(12)2/h6-7,10,13,15H,8-9H2,1-5H3. The van der Waals surface area contributed by atoms with Gasteiger partial charge in [-0.15, -0.1) is 11.3 Å². The highest BCUT2D eigenvalue weighted by atomic mass is 32.1. The van der Waals surface area contributed by atoms with E-state index in [0.29, 0.717) is 11.3 Å². The van der Waals surface area contributed by atoms with Gasteiger partial charge < -0.3 is 5.11 Å². The quantitative estimate of drug-likeness (QED) is 0.818. The van der Waals surface area contributed by atoms with Gasteiger partial charge in [-0.1, -0.05) is 27.7 Å². The van der Waals surface area contributed by atoms with Gasteiger partial charge in [-0.05, 0) is 48.1 Å². The minimum atomic E-state index is -0.288. The number of rotatable bonds is 4. The lowest BCUT2D eigenvalue weighted by molar-refractivity contribution is 0.134. The Balaban J connectivity index is 2.52. The minimum Gasteiger partial charge on any atom is -0.388 e. The van der Waals surface area contributed by atoms with Gasteiger partial charge in [0.25, 0.3) is 0 Å². The molecule has 0 amide bonds. The van der Waals surface area contributed by atoms with Crippen LogP contribution in [0.15, 0.2) is 11.4 Å². The molecule has 0 aliphatic heterocycles. The number of hydrogen-bond acceptors (Lipinski definition) is 2. The van der Waals surface area contributed by atoms with Crippen LogP contribution in [0.1, 0.15) is 57.1 Å². The fourth-order valence-electron chi connectivity index (χ4n) is 2.38. The van der Waals surface area contributed by atoms with Gasteiger partial charge in [-0.3, -0.25) is 0 Å². The topological polar surface area (TPSA) is 20.2 Å². The molecule has 1 aromatic heterocycles. The van der Waals surface area contributed by atoms with Crippen LogP contribution in [-0.2, 0) is 0 Å². The SMILES string of the molecule is Cc1sccc1C(O)CC(C)CC(C)(C)C. The summed E-state index contributed by atoms with van der Waals surface area (Å²) in [6.45, 7) is 11.1. The van der Waals surface area contributed by atoms with Crippen LogP contribution in [0.25, 0.3) is 0 Å². The summed E-state index contributed by atoms with van der Waals surface area (Å²) in [5.74, 6) is 0.564. The average Bonchev–Trinajstić information content (AvgIpc) is 2.47. The Hall–Kier alpha value is -0.340. The zero-order valence-corrected chi connectivity index (χ0v) is 11.9. The van der Waals surface area contributed by atoms with Crippen LogP contribution < -0.4 is 0 Å². The summed E-state index contributed by atoms with van der Waals surface area (Å²) in [4.78, 5) is 1.25. The predicted molar refractivity (Wildman–Crippen MR) is 71.9 cm³/mol. The molecule has 92 valence electrons. The Labute approximate surface area is 104 Å². The van der Waals surface area contributed by atoms with Crippen molar-refractivity contribution >= 4 is 11.3 Å². The molecule has 1 heterocycles. The molecule has 0 radical (unpaired) electrons. The van der Waals surface area contributed by atoms with E-state index < -0.39 is 0 Å². The molecule has 2 heteroatoms. The van der Waals surface area contributed by atoms with Gasteiger partial charge in [0.05, 0.1) is 6.10 Å². The van der Waals surface area contributed by atoms with Gasteiger partial charge in [-0.2, -0.15) is 0 Å². The maximum Gasteiger partial charge on any atom is 0.0803 e. The zero-order valence-electron chi connectivity index (χ0n) is 11.1. The third kappa shape index (κ3) is 4.26. The van der Waals surface area contributed by atoms with E-state index in [1.807, 2.05) is 0 Å². The van der Waals surface area contributed by atoms with Gasteiger partial charge >= 0.3 is 0 Å². The van der Waals surface area contributed by atoms with Crippen molar-refractivity contribution in [2.75, 3.05) is 0 Å². The van der Waals surface area contributed by atoms with Crippen LogP contribution in [0, 0.1) is 18.3 Å². The third-order valence-corrected chi connectivity index (χ3v) is 3.71. The summed E-state index contributed by atoms with van der Waals surface area (Å²) >= 11 is 1.71. The lowest BCUT2D eigenvalue weighted by Crippen LogP contribution is -2.13. The first-order valence-electron chi connectivity index (χ1n) is 6.01. The third-order valence-electron chi connectivity index (χ3n) is 2.84. The van der Waals surface area contributed by atoms with Crippen molar-refractivity contribution in [1.29, 1.82) is 0 Å². The second-order valence-electron chi connectivity index (χ2n) is 6.05. The summed E-state index contributed by atoms with van der Waals surface area (Å²) in [6, 6.07) is 2.05. The van der Waals surface area contributed by atoms with Crippen molar-refractivity contribution in [3.05, 3.63) is 21.9 Å². The van der Waals surface area contributed by atoms with Crippen molar-refractivity contribution < 1.29 is 5.11 Å². The maximum atomic E-state index is 10.2. The van der Waals surface area contributed by atoms with E-state index in [4.69, 9.17) is 0 Å². The van der Waals surface area contributed by atoms with Crippen molar-refractivity contribution in [2.45, 2.75) is 53.6 Å². The second-order valence-corrected chi connectivity index (χ2v) is 7.17. The average molecular weight is 240 g/mol. The van der Waals surface area contributed by atoms with E-state index in [0.717, 1.165) is 18.4 Å². The van der Waals surface area contributed by atoms with Crippen molar-refractivity contribution in [3.63, 3.8) is 0 Å². The largest absolute Gasteiger partial charge is 0.388 e. The van der Waals surface area contributed by atoms with E-state index in [1.165, 1.54) is 4.88 Å². The van der Waals surface area contributed by atoms with Gasteiger partial charge in [0.15, 0.2) is 0 Å². The molecule has 0 saturated heterocycles. The van der Waals surface area contributed by atoms with Crippen LogP contribution in [0.3, 0.4) is 0 Å². The second kappa shape index (κ2) is 5.33. The molecule has 2 atom stereocenters. The Morgan fingerprint density at radius 1 is 1.38 bits per heavy atom. The van der Waals surface area contributed by atoms with E-state index in [-0.39, 0.29) is 6.10 Å². The number of aliphatic hydroxyl groups is 1. The summed E-state index contributed by atoms with van der Waals surface area (Å²) in [5, 5.41) is 12.2. The molecule has 1 N–H and O–H groups in total. The van der Waals surface area contributed by atoms with Crippen LogP contribution >= 0.6 is 11.3 Å². The first-order chi connectivity index (χ1) is 7.29. The van der Waals surface area contributed by atoms with Gasteiger partial charge in [0.1, 0.15) is 0 Å². The van der Waals surface area contributed by atoms with Crippen molar-refractivity contribution in [3.8, 4) is 0 Å². The smallest absolute Gasteiger partial charge is 0.0803 e. The maximum absolute atomic E-state index is 10.2. The molecular weight excluding hydrogens is 216 g/mol. The Morgan fingerprint density at radius 3 is 2.44 bits per heavy atom.